The van der Waals surface area contributed by atoms with Crippen LogP contribution in [0.2, 0.25) is 0 Å². The van der Waals surface area contributed by atoms with Crippen LogP contribution in [0.1, 0.15) is 25.3 Å². The fraction of sp³-hybridized carbons (Fsp3) is 0.462. The van der Waals surface area contributed by atoms with Crippen molar-refractivity contribution in [3.63, 3.8) is 0 Å². The molecule has 0 aromatic heterocycles. The van der Waals surface area contributed by atoms with Crippen molar-refractivity contribution in [2.24, 2.45) is 0 Å². The Balaban J connectivity index is 1.89. The Morgan fingerprint density at radius 3 is 2.76 bits per heavy atom. The second-order valence-electron chi connectivity index (χ2n) is 4.61. The summed E-state index contributed by atoms with van der Waals surface area (Å²) in [6.45, 7) is 2.61. The summed E-state index contributed by atoms with van der Waals surface area (Å²) < 4.78 is -0.228. The third-order valence-electron chi connectivity index (χ3n) is 3.13. The maximum Gasteiger partial charge on any atom is 0.236 e. The largest absolute Gasteiger partial charge is 0.399 e. The molecule has 1 aliphatic rings. The minimum absolute atomic E-state index is 0.150. The van der Waals surface area contributed by atoms with E-state index in [1.807, 2.05) is 31.2 Å². The van der Waals surface area contributed by atoms with E-state index in [1.165, 1.54) is 0 Å². The van der Waals surface area contributed by atoms with E-state index in [0.717, 1.165) is 29.8 Å². The first kappa shape index (κ1) is 12.3. The average Bonchev–Trinajstić information content (AvgIpc) is 2.76. The average molecular weight is 250 g/mol. The molecule has 0 aliphatic carbocycles. The van der Waals surface area contributed by atoms with Gasteiger partial charge in [0.25, 0.3) is 0 Å². The highest BCUT2D eigenvalue weighted by molar-refractivity contribution is 8.01. The molecule has 0 saturated carbocycles. The van der Waals surface area contributed by atoms with Crippen molar-refractivity contribution in [2.75, 3.05) is 11.5 Å². The minimum Gasteiger partial charge on any atom is -0.399 e. The van der Waals surface area contributed by atoms with Crippen LogP contribution in [0.3, 0.4) is 0 Å². The number of nitrogen functional groups attached to an aromatic ring is 1. The molecule has 1 atom stereocenters. The predicted molar refractivity (Wildman–Crippen MR) is 72.8 cm³/mol. The summed E-state index contributed by atoms with van der Waals surface area (Å²) in [6.07, 6.45) is 2.11. The second kappa shape index (κ2) is 5.00. The van der Waals surface area contributed by atoms with E-state index < -0.39 is 0 Å². The van der Waals surface area contributed by atoms with Gasteiger partial charge in [0.15, 0.2) is 0 Å². The Morgan fingerprint density at radius 2 is 2.18 bits per heavy atom. The number of anilines is 1. The summed E-state index contributed by atoms with van der Waals surface area (Å²) >= 11 is 1.76. The molecule has 1 fully saturated rings. The Morgan fingerprint density at radius 1 is 1.47 bits per heavy atom. The molecular weight excluding hydrogens is 232 g/mol. The lowest BCUT2D eigenvalue weighted by atomic mass is 10.0. The topological polar surface area (TPSA) is 55.1 Å². The second-order valence-corrected chi connectivity index (χ2v) is 6.21. The molecule has 0 radical (unpaired) electrons. The SMILES string of the molecule is CC1(C(=O)NCc2ccc(N)cc2)CCCS1. The Kier molecular flexibility index (Phi) is 3.62. The molecular formula is C13H18N2OS. The van der Waals surface area contributed by atoms with E-state index in [4.69, 9.17) is 5.73 Å². The van der Waals surface area contributed by atoms with Crippen LogP contribution in [0.25, 0.3) is 0 Å². The van der Waals surface area contributed by atoms with Crippen molar-refractivity contribution in [2.45, 2.75) is 31.1 Å². The molecule has 1 aromatic carbocycles. The van der Waals surface area contributed by atoms with Crippen LogP contribution in [0, 0.1) is 0 Å². The van der Waals surface area contributed by atoms with Gasteiger partial charge in [-0.15, -0.1) is 11.8 Å². The van der Waals surface area contributed by atoms with Gasteiger partial charge in [-0.25, -0.2) is 0 Å². The molecule has 92 valence electrons. The molecule has 4 heteroatoms. The van der Waals surface area contributed by atoms with E-state index in [2.05, 4.69) is 5.32 Å². The van der Waals surface area contributed by atoms with E-state index in [9.17, 15) is 4.79 Å². The van der Waals surface area contributed by atoms with E-state index in [1.54, 1.807) is 11.8 Å². The van der Waals surface area contributed by atoms with Crippen LogP contribution in [0.4, 0.5) is 5.69 Å². The molecule has 1 unspecified atom stereocenters. The van der Waals surface area contributed by atoms with Crippen molar-refractivity contribution in [1.29, 1.82) is 0 Å². The summed E-state index contributed by atoms with van der Waals surface area (Å²) in [5.41, 5.74) is 7.44. The van der Waals surface area contributed by atoms with Gasteiger partial charge in [-0.2, -0.15) is 0 Å². The third-order valence-corrected chi connectivity index (χ3v) is 4.65. The predicted octanol–water partition coefficient (Wildman–Crippen LogP) is 2.17. The van der Waals surface area contributed by atoms with Gasteiger partial charge >= 0.3 is 0 Å². The fourth-order valence-corrected chi connectivity index (χ4v) is 3.19. The molecule has 2 rings (SSSR count). The summed E-state index contributed by atoms with van der Waals surface area (Å²) in [7, 11) is 0. The van der Waals surface area contributed by atoms with Crippen molar-refractivity contribution in [3.8, 4) is 0 Å². The first-order valence-corrected chi connectivity index (χ1v) is 6.85. The highest BCUT2D eigenvalue weighted by atomic mass is 32.2. The molecule has 3 nitrogen and oxygen atoms in total. The number of nitrogens with one attached hydrogen (secondary N) is 1. The number of carbonyl (C=O) groups is 1. The van der Waals surface area contributed by atoms with Gasteiger partial charge in [0.2, 0.25) is 5.91 Å². The Bertz CT molecular complexity index is 396. The zero-order valence-electron chi connectivity index (χ0n) is 10.0. The van der Waals surface area contributed by atoms with Gasteiger partial charge in [-0.1, -0.05) is 12.1 Å². The van der Waals surface area contributed by atoms with Crippen LogP contribution < -0.4 is 11.1 Å². The van der Waals surface area contributed by atoms with Crippen LogP contribution in [-0.4, -0.2) is 16.4 Å². The Hall–Kier alpha value is -1.16. The van der Waals surface area contributed by atoms with Crippen molar-refractivity contribution >= 4 is 23.4 Å². The van der Waals surface area contributed by atoms with Crippen molar-refractivity contribution in [3.05, 3.63) is 29.8 Å². The minimum atomic E-state index is -0.228. The number of hydrogen-bond acceptors (Lipinski definition) is 3. The lowest BCUT2D eigenvalue weighted by Crippen LogP contribution is -2.39. The Labute approximate surface area is 106 Å². The van der Waals surface area contributed by atoms with E-state index >= 15 is 0 Å². The van der Waals surface area contributed by atoms with Crippen LogP contribution >= 0.6 is 11.8 Å². The molecule has 1 heterocycles. The zero-order chi connectivity index (χ0) is 12.3. The zero-order valence-corrected chi connectivity index (χ0v) is 10.8. The van der Waals surface area contributed by atoms with Gasteiger partial charge in [0, 0.05) is 12.2 Å². The van der Waals surface area contributed by atoms with Crippen LogP contribution in [-0.2, 0) is 11.3 Å². The molecule has 0 spiro atoms. The fourth-order valence-electron chi connectivity index (χ4n) is 1.96. The number of hydrogen-bond donors (Lipinski definition) is 2. The van der Waals surface area contributed by atoms with Gasteiger partial charge in [-0.3, -0.25) is 4.79 Å². The first-order valence-electron chi connectivity index (χ1n) is 5.87. The molecule has 3 N–H and O–H groups in total. The number of thioether (sulfide) groups is 1. The number of benzene rings is 1. The van der Waals surface area contributed by atoms with E-state index in [-0.39, 0.29) is 10.7 Å². The summed E-state index contributed by atoms with van der Waals surface area (Å²) in [6, 6.07) is 7.60. The monoisotopic (exact) mass is 250 g/mol. The number of rotatable bonds is 3. The van der Waals surface area contributed by atoms with Crippen LogP contribution in [0.5, 0.6) is 0 Å². The lowest BCUT2D eigenvalue weighted by molar-refractivity contribution is -0.123. The molecule has 1 saturated heterocycles. The van der Waals surface area contributed by atoms with Gasteiger partial charge < -0.3 is 11.1 Å². The van der Waals surface area contributed by atoms with Gasteiger partial charge in [0.1, 0.15) is 0 Å². The molecule has 1 aromatic rings. The number of carbonyl (C=O) groups excluding carboxylic acids is 1. The third kappa shape index (κ3) is 2.94. The smallest absolute Gasteiger partial charge is 0.236 e. The maximum atomic E-state index is 12.1. The molecule has 1 amide bonds. The lowest BCUT2D eigenvalue weighted by Gasteiger charge is -2.21. The number of nitrogens with two attached hydrogens (primary N) is 1. The summed E-state index contributed by atoms with van der Waals surface area (Å²) in [4.78, 5) is 12.1. The van der Waals surface area contributed by atoms with Crippen molar-refractivity contribution < 1.29 is 4.79 Å². The number of amides is 1. The highest BCUT2D eigenvalue weighted by Crippen LogP contribution is 2.37. The first-order chi connectivity index (χ1) is 8.10. The summed E-state index contributed by atoms with van der Waals surface area (Å²) in [5.74, 6) is 1.24. The normalized spacial score (nSPS) is 23.6. The standard InChI is InChI=1S/C13H18N2OS/c1-13(7-2-8-17-13)12(16)15-9-10-3-5-11(14)6-4-10/h3-6H,2,7-9,14H2,1H3,(H,15,16). The molecule has 17 heavy (non-hydrogen) atoms. The maximum absolute atomic E-state index is 12.1. The molecule has 0 bridgehead atoms. The van der Waals surface area contributed by atoms with Gasteiger partial charge in [-0.05, 0) is 43.2 Å². The van der Waals surface area contributed by atoms with Crippen molar-refractivity contribution in [1.82, 2.24) is 5.32 Å². The van der Waals surface area contributed by atoms with Gasteiger partial charge in [0.05, 0.1) is 4.75 Å². The highest BCUT2D eigenvalue weighted by Gasteiger charge is 2.36. The molecule has 1 aliphatic heterocycles. The van der Waals surface area contributed by atoms with Crippen LogP contribution in [0.15, 0.2) is 24.3 Å². The van der Waals surface area contributed by atoms with E-state index in [0.29, 0.717) is 6.54 Å². The quantitative estimate of drug-likeness (QED) is 0.808. The summed E-state index contributed by atoms with van der Waals surface area (Å²) in [5, 5.41) is 3.00.